The largest absolute Gasteiger partial charge is 0.496 e. The van der Waals surface area contributed by atoms with Crippen molar-refractivity contribution in [1.82, 2.24) is 5.32 Å². The van der Waals surface area contributed by atoms with Gasteiger partial charge in [-0.15, -0.1) is 0 Å². The molecule has 2 aromatic rings. The van der Waals surface area contributed by atoms with Crippen molar-refractivity contribution in [3.05, 3.63) is 64.2 Å². The molecule has 136 valence electrons. The molecule has 2 aliphatic rings. The molecule has 1 N–H and O–H groups in total. The minimum Gasteiger partial charge on any atom is -0.496 e. The lowest BCUT2D eigenvalue weighted by Gasteiger charge is -2.36. The van der Waals surface area contributed by atoms with Crippen molar-refractivity contribution in [2.24, 2.45) is 0 Å². The maximum absolute atomic E-state index is 7.50. The Labute approximate surface area is 164 Å². The summed E-state index contributed by atoms with van der Waals surface area (Å²) in [4.78, 5) is 0. The van der Waals surface area contributed by atoms with Crippen LogP contribution in [0.2, 0.25) is 5.02 Å². The average Bonchev–Trinajstić information content (AvgIpc) is 2.67. The van der Waals surface area contributed by atoms with Crippen molar-refractivity contribution in [3.8, 4) is 11.5 Å². The highest BCUT2D eigenvalue weighted by molar-refractivity contribution is 6.30. The van der Waals surface area contributed by atoms with Crippen LogP contribution in [0, 0.1) is 0 Å². The predicted octanol–water partition coefficient (Wildman–Crippen LogP) is 5.14. The van der Waals surface area contributed by atoms with Crippen molar-refractivity contribution in [2.45, 2.75) is 31.3 Å². The van der Waals surface area contributed by atoms with Gasteiger partial charge in [-0.2, -0.15) is 0 Å². The summed E-state index contributed by atoms with van der Waals surface area (Å²) in [5, 5.41) is 3.81. The Balaban J connectivity index is 1.74. The van der Waals surface area contributed by atoms with Crippen LogP contribution in [-0.2, 0) is 5.60 Å². The minimum absolute atomic E-state index is 0.201. The molecule has 1 fully saturated rings. The molecule has 0 amide bonds. The normalized spacial score (nSPS) is 24.8. The Hall–Kier alpha value is -1.97. The highest BCUT2D eigenvalue weighted by Crippen LogP contribution is 2.45. The van der Waals surface area contributed by atoms with E-state index >= 15 is 0 Å². The number of nitrogens with one attached hydrogen (secondary N) is 1. The number of halogens is 1. The molecule has 0 spiro atoms. The zero-order chi connectivity index (χ0) is 20.6. The van der Waals surface area contributed by atoms with E-state index in [4.69, 9.17) is 25.2 Å². The van der Waals surface area contributed by atoms with Gasteiger partial charge in [0.15, 0.2) is 5.60 Å². The molecule has 0 unspecified atom stereocenters. The fourth-order valence-electron chi connectivity index (χ4n) is 3.91. The maximum atomic E-state index is 7.50. The molecule has 2 heterocycles. The van der Waals surface area contributed by atoms with Crippen LogP contribution in [0.4, 0.5) is 0 Å². The summed E-state index contributed by atoms with van der Waals surface area (Å²) in [5.41, 5.74) is 1.99. The van der Waals surface area contributed by atoms with E-state index < -0.39 is 12.6 Å². The molecule has 0 saturated carbocycles. The van der Waals surface area contributed by atoms with Crippen molar-refractivity contribution in [3.63, 3.8) is 0 Å². The number of fused-ring (bicyclic) bond motifs is 1. The fraction of sp³-hybridized carbons (Fsp3) is 0.364. The van der Waals surface area contributed by atoms with Crippen molar-refractivity contribution >= 4 is 17.7 Å². The molecule has 1 saturated heterocycles. The van der Waals surface area contributed by atoms with E-state index in [0.29, 0.717) is 16.5 Å². The standard InChI is InChI=1S/C22H24ClNO2/c1-22(19-7-6-17(23)14-20(19)25-2)11-8-16-4-3-5-18(21(16)26-22)15-9-12-24-13-10-15/h3-8,11,14-15,24H,9-10,12-13H2,1-2H3/t22-/m1/s1/i2D3. The van der Waals surface area contributed by atoms with Crippen LogP contribution in [0.5, 0.6) is 11.5 Å². The third-order valence-corrected chi connectivity index (χ3v) is 5.57. The highest BCUT2D eigenvalue weighted by atomic mass is 35.5. The second kappa shape index (κ2) is 6.98. The Morgan fingerprint density at radius 1 is 1.27 bits per heavy atom. The number of piperidine rings is 1. The van der Waals surface area contributed by atoms with E-state index in [9.17, 15) is 0 Å². The first-order valence-corrected chi connectivity index (χ1v) is 9.34. The predicted molar refractivity (Wildman–Crippen MR) is 106 cm³/mol. The number of rotatable bonds is 3. The molecule has 0 radical (unpaired) electrons. The van der Waals surface area contributed by atoms with Gasteiger partial charge in [0.1, 0.15) is 11.5 Å². The first-order valence-electron chi connectivity index (χ1n) is 10.5. The topological polar surface area (TPSA) is 30.5 Å². The summed E-state index contributed by atoms with van der Waals surface area (Å²) in [5.74, 6) is 1.50. The number of ether oxygens (including phenoxy) is 2. The zero-order valence-electron chi connectivity index (χ0n) is 17.7. The fourth-order valence-corrected chi connectivity index (χ4v) is 4.07. The number of para-hydroxylation sites is 1. The Morgan fingerprint density at radius 3 is 2.92 bits per heavy atom. The van der Waals surface area contributed by atoms with Gasteiger partial charge in [0, 0.05) is 16.1 Å². The third-order valence-electron chi connectivity index (χ3n) is 5.34. The number of hydrogen-bond donors (Lipinski definition) is 1. The van der Waals surface area contributed by atoms with Crippen molar-refractivity contribution in [2.75, 3.05) is 20.1 Å². The summed E-state index contributed by atoms with van der Waals surface area (Å²) in [7, 11) is -2.58. The van der Waals surface area contributed by atoms with E-state index in [2.05, 4.69) is 17.4 Å². The molecule has 3 nitrogen and oxygen atoms in total. The highest BCUT2D eigenvalue weighted by Gasteiger charge is 2.34. The van der Waals surface area contributed by atoms with Crippen LogP contribution in [0.1, 0.15) is 46.5 Å². The Morgan fingerprint density at radius 2 is 2.12 bits per heavy atom. The van der Waals surface area contributed by atoms with Crippen LogP contribution in [0.3, 0.4) is 0 Å². The summed E-state index contributed by atoms with van der Waals surface area (Å²) < 4.78 is 34.3. The van der Waals surface area contributed by atoms with Gasteiger partial charge < -0.3 is 14.8 Å². The van der Waals surface area contributed by atoms with Crippen LogP contribution in [0.15, 0.2) is 42.5 Å². The van der Waals surface area contributed by atoms with Gasteiger partial charge in [-0.05, 0) is 68.6 Å². The van der Waals surface area contributed by atoms with E-state index in [1.807, 2.05) is 25.1 Å². The summed E-state index contributed by atoms with van der Waals surface area (Å²) in [6, 6.07) is 11.3. The van der Waals surface area contributed by atoms with Gasteiger partial charge >= 0.3 is 0 Å². The van der Waals surface area contributed by atoms with Crippen molar-refractivity contribution < 1.29 is 13.6 Å². The van der Waals surface area contributed by atoms with Gasteiger partial charge in [0.25, 0.3) is 0 Å². The van der Waals surface area contributed by atoms with Crippen LogP contribution in [0.25, 0.3) is 6.08 Å². The molecule has 0 bridgehead atoms. The van der Waals surface area contributed by atoms with Crippen LogP contribution in [-0.4, -0.2) is 20.1 Å². The number of methoxy groups -OCH3 is 1. The van der Waals surface area contributed by atoms with Gasteiger partial charge in [-0.25, -0.2) is 0 Å². The Bertz CT molecular complexity index is 938. The Kier molecular flexibility index (Phi) is 3.79. The quantitative estimate of drug-likeness (QED) is 0.809. The average molecular weight is 373 g/mol. The van der Waals surface area contributed by atoms with E-state index in [1.165, 1.54) is 11.6 Å². The second-order valence-corrected chi connectivity index (χ2v) is 7.51. The molecule has 2 aromatic carbocycles. The molecule has 0 aromatic heterocycles. The number of hydrogen-bond acceptors (Lipinski definition) is 3. The van der Waals surface area contributed by atoms with Gasteiger partial charge in [0.05, 0.1) is 11.2 Å². The van der Waals surface area contributed by atoms with Crippen LogP contribution >= 0.6 is 11.6 Å². The lowest BCUT2D eigenvalue weighted by Crippen LogP contribution is -2.31. The smallest absolute Gasteiger partial charge is 0.153 e. The zero-order valence-corrected chi connectivity index (χ0v) is 15.5. The molecule has 0 aliphatic carbocycles. The summed E-state index contributed by atoms with van der Waals surface area (Å²) in [6.45, 7) is 3.91. The van der Waals surface area contributed by atoms with Crippen LogP contribution < -0.4 is 14.8 Å². The first-order chi connectivity index (χ1) is 13.8. The molecule has 2 aliphatic heterocycles. The number of benzene rings is 2. The van der Waals surface area contributed by atoms with E-state index in [-0.39, 0.29) is 5.75 Å². The van der Waals surface area contributed by atoms with E-state index in [1.54, 1.807) is 12.1 Å². The van der Waals surface area contributed by atoms with Gasteiger partial charge in [-0.1, -0.05) is 35.9 Å². The van der Waals surface area contributed by atoms with Gasteiger partial charge in [-0.3, -0.25) is 0 Å². The first kappa shape index (κ1) is 14.1. The van der Waals surface area contributed by atoms with Gasteiger partial charge in [0.2, 0.25) is 0 Å². The minimum atomic E-state index is -2.58. The monoisotopic (exact) mass is 372 g/mol. The third kappa shape index (κ3) is 3.10. The molecule has 4 heteroatoms. The summed E-state index contributed by atoms with van der Waals surface area (Å²) >= 11 is 6.11. The second-order valence-electron chi connectivity index (χ2n) is 7.07. The molecule has 4 rings (SSSR count). The lowest BCUT2D eigenvalue weighted by atomic mass is 9.85. The van der Waals surface area contributed by atoms with E-state index in [0.717, 1.165) is 37.2 Å². The maximum Gasteiger partial charge on any atom is 0.153 e. The molecule has 1 atom stereocenters. The SMILES string of the molecule is [2H]C([2H])([2H])Oc1cc(Cl)ccc1[C@@]1(C)C=Cc2cccc(C3CCNCC3)c2O1. The molecular formula is C22H24ClNO2. The molecular weight excluding hydrogens is 346 g/mol. The summed E-state index contributed by atoms with van der Waals surface area (Å²) in [6.07, 6.45) is 6.11. The van der Waals surface area contributed by atoms with Crippen molar-refractivity contribution in [1.29, 1.82) is 0 Å². The molecule has 26 heavy (non-hydrogen) atoms. The lowest BCUT2D eigenvalue weighted by molar-refractivity contribution is 0.131.